The minimum atomic E-state index is -4.06. The number of sulfonamides is 1. The number of hydrogen-bond acceptors (Lipinski definition) is 5. The second kappa shape index (κ2) is 6.65. The molecule has 3 rings (SSSR count). The Balaban J connectivity index is 1.72. The van der Waals surface area contributed by atoms with Gasteiger partial charge in [0.05, 0.1) is 6.26 Å². The molecule has 2 aromatic rings. The molecule has 1 saturated carbocycles. The Morgan fingerprint density at radius 3 is 2.48 bits per heavy atom. The van der Waals surface area contributed by atoms with Crippen LogP contribution in [0.25, 0.3) is 0 Å². The number of halogens is 1. The molecule has 0 atom stereocenters. The molecule has 0 spiro atoms. The first-order valence-electron chi connectivity index (χ1n) is 7.33. The van der Waals surface area contributed by atoms with Gasteiger partial charge in [-0.25, -0.2) is 17.5 Å². The molecule has 2 amide bonds. The molecule has 1 aliphatic carbocycles. The lowest BCUT2D eigenvalue weighted by Crippen LogP contribution is -2.41. The normalized spacial score (nSPS) is 14.1. The lowest BCUT2D eigenvalue weighted by atomic mass is 10.2. The molecular weight excluding hydrogens is 353 g/mol. The number of furan rings is 1. The molecule has 8 nitrogen and oxygen atoms in total. The number of amides is 2. The average Bonchev–Trinajstić information content (AvgIpc) is 3.20. The SMILES string of the molecule is O=C(NNC(=O)c1ccco1)c1ccc(F)c(S(=O)(=O)NC2CC2)c1. The highest BCUT2D eigenvalue weighted by Crippen LogP contribution is 2.23. The summed E-state index contributed by atoms with van der Waals surface area (Å²) in [6.07, 6.45) is 2.68. The lowest BCUT2D eigenvalue weighted by Gasteiger charge is -2.10. The number of hydrazine groups is 1. The van der Waals surface area contributed by atoms with Crippen LogP contribution in [0.2, 0.25) is 0 Å². The Bertz CT molecular complexity index is 907. The molecule has 132 valence electrons. The van der Waals surface area contributed by atoms with Gasteiger partial charge in [-0.05, 0) is 43.2 Å². The van der Waals surface area contributed by atoms with E-state index < -0.39 is 32.6 Å². The van der Waals surface area contributed by atoms with Crippen molar-refractivity contribution >= 4 is 21.8 Å². The van der Waals surface area contributed by atoms with Crippen LogP contribution < -0.4 is 15.6 Å². The van der Waals surface area contributed by atoms with Crippen molar-refractivity contribution in [3.63, 3.8) is 0 Å². The monoisotopic (exact) mass is 367 g/mol. The number of carbonyl (C=O) groups excluding carboxylic acids is 2. The van der Waals surface area contributed by atoms with Gasteiger partial charge in [0.2, 0.25) is 10.0 Å². The Morgan fingerprint density at radius 2 is 1.84 bits per heavy atom. The standard InChI is InChI=1S/C15H14FN3O5S/c16-11-6-3-9(8-13(11)25(22,23)19-10-4-5-10)14(20)17-18-15(21)12-2-1-7-24-12/h1-3,6-8,10,19H,4-5H2,(H,17,20)(H,18,21). The number of benzene rings is 1. The molecule has 1 fully saturated rings. The first kappa shape index (κ1) is 17.1. The maximum Gasteiger partial charge on any atom is 0.305 e. The van der Waals surface area contributed by atoms with Crippen LogP contribution in [0.4, 0.5) is 4.39 Å². The molecule has 1 heterocycles. The van der Waals surface area contributed by atoms with E-state index in [-0.39, 0.29) is 17.4 Å². The zero-order valence-electron chi connectivity index (χ0n) is 12.8. The van der Waals surface area contributed by atoms with Crippen molar-refractivity contribution in [2.24, 2.45) is 0 Å². The van der Waals surface area contributed by atoms with Gasteiger partial charge in [-0.15, -0.1) is 0 Å². The Hall–Kier alpha value is -2.72. The zero-order valence-corrected chi connectivity index (χ0v) is 13.6. The largest absolute Gasteiger partial charge is 0.459 e. The summed E-state index contributed by atoms with van der Waals surface area (Å²) in [7, 11) is -4.06. The van der Waals surface area contributed by atoms with Crippen molar-refractivity contribution in [3.8, 4) is 0 Å². The summed E-state index contributed by atoms with van der Waals surface area (Å²) in [4.78, 5) is 23.1. The fourth-order valence-electron chi connectivity index (χ4n) is 1.99. The summed E-state index contributed by atoms with van der Waals surface area (Å²) in [5.41, 5.74) is 4.08. The molecule has 0 radical (unpaired) electrons. The van der Waals surface area contributed by atoms with E-state index in [0.29, 0.717) is 12.8 Å². The smallest absolute Gasteiger partial charge is 0.305 e. The highest BCUT2D eigenvalue weighted by atomic mass is 32.2. The van der Waals surface area contributed by atoms with Crippen LogP contribution in [-0.4, -0.2) is 26.3 Å². The predicted molar refractivity (Wildman–Crippen MR) is 83.4 cm³/mol. The minimum Gasteiger partial charge on any atom is -0.459 e. The van der Waals surface area contributed by atoms with Gasteiger partial charge in [0.25, 0.3) is 5.91 Å². The molecular formula is C15H14FN3O5S. The van der Waals surface area contributed by atoms with Gasteiger partial charge in [0, 0.05) is 11.6 Å². The number of rotatable bonds is 5. The van der Waals surface area contributed by atoms with Gasteiger partial charge in [0.1, 0.15) is 10.7 Å². The van der Waals surface area contributed by atoms with E-state index in [1.54, 1.807) is 0 Å². The maximum absolute atomic E-state index is 13.9. The molecule has 0 unspecified atom stereocenters. The van der Waals surface area contributed by atoms with E-state index in [0.717, 1.165) is 18.2 Å². The first-order valence-corrected chi connectivity index (χ1v) is 8.81. The Morgan fingerprint density at radius 1 is 1.12 bits per heavy atom. The Kier molecular flexibility index (Phi) is 4.55. The van der Waals surface area contributed by atoms with Gasteiger partial charge in [-0.1, -0.05) is 0 Å². The predicted octanol–water partition coefficient (Wildman–Crippen LogP) is 0.934. The maximum atomic E-state index is 13.9. The number of nitrogens with one attached hydrogen (secondary N) is 3. The van der Waals surface area contributed by atoms with Crippen LogP contribution in [0, 0.1) is 5.82 Å². The van der Waals surface area contributed by atoms with Crippen molar-refractivity contribution in [1.82, 2.24) is 15.6 Å². The van der Waals surface area contributed by atoms with Gasteiger partial charge in [-0.2, -0.15) is 0 Å². The number of hydrogen-bond donors (Lipinski definition) is 3. The van der Waals surface area contributed by atoms with Gasteiger partial charge in [0.15, 0.2) is 5.76 Å². The summed E-state index contributed by atoms with van der Waals surface area (Å²) in [5.74, 6) is -2.48. The van der Waals surface area contributed by atoms with Crippen LogP contribution in [0.1, 0.15) is 33.8 Å². The third-order valence-electron chi connectivity index (χ3n) is 3.42. The molecule has 0 saturated heterocycles. The van der Waals surface area contributed by atoms with Crippen LogP contribution >= 0.6 is 0 Å². The van der Waals surface area contributed by atoms with E-state index in [2.05, 4.69) is 15.6 Å². The van der Waals surface area contributed by atoms with Crippen molar-refractivity contribution in [3.05, 3.63) is 53.7 Å². The Labute approximate surface area is 142 Å². The van der Waals surface area contributed by atoms with Gasteiger partial charge >= 0.3 is 5.91 Å². The summed E-state index contributed by atoms with van der Waals surface area (Å²) in [5, 5.41) is 0. The van der Waals surface area contributed by atoms with Gasteiger partial charge < -0.3 is 4.42 Å². The fourth-order valence-corrected chi connectivity index (χ4v) is 3.40. The molecule has 0 bridgehead atoms. The summed E-state index contributed by atoms with van der Waals surface area (Å²) in [6.45, 7) is 0. The van der Waals surface area contributed by atoms with Crippen molar-refractivity contribution in [2.45, 2.75) is 23.8 Å². The third-order valence-corrected chi connectivity index (χ3v) is 4.95. The van der Waals surface area contributed by atoms with E-state index in [4.69, 9.17) is 4.42 Å². The number of carbonyl (C=O) groups is 2. The van der Waals surface area contributed by atoms with E-state index in [1.165, 1.54) is 18.4 Å². The van der Waals surface area contributed by atoms with Crippen molar-refractivity contribution < 1.29 is 26.8 Å². The fraction of sp³-hybridized carbons (Fsp3) is 0.200. The van der Waals surface area contributed by atoms with E-state index >= 15 is 0 Å². The summed E-state index contributed by atoms with van der Waals surface area (Å²) >= 11 is 0. The topological polar surface area (TPSA) is 118 Å². The van der Waals surface area contributed by atoms with Crippen LogP contribution in [0.5, 0.6) is 0 Å². The molecule has 25 heavy (non-hydrogen) atoms. The van der Waals surface area contributed by atoms with E-state index in [9.17, 15) is 22.4 Å². The molecule has 1 aromatic heterocycles. The van der Waals surface area contributed by atoms with Crippen molar-refractivity contribution in [2.75, 3.05) is 0 Å². The average molecular weight is 367 g/mol. The quantitative estimate of drug-likeness (QED) is 0.680. The molecule has 1 aliphatic rings. The molecule has 0 aliphatic heterocycles. The molecule has 10 heteroatoms. The first-order chi connectivity index (χ1) is 11.9. The second-order valence-electron chi connectivity index (χ2n) is 5.43. The highest BCUT2D eigenvalue weighted by molar-refractivity contribution is 7.89. The third kappa shape index (κ3) is 4.03. The highest BCUT2D eigenvalue weighted by Gasteiger charge is 2.30. The van der Waals surface area contributed by atoms with Crippen LogP contribution in [0.3, 0.4) is 0 Å². The second-order valence-corrected chi connectivity index (χ2v) is 7.11. The zero-order chi connectivity index (χ0) is 18.0. The molecule has 3 N–H and O–H groups in total. The van der Waals surface area contributed by atoms with Crippen molar-refractivity contribution in [1.29, 1.82) is 0 Å². The van der Waals surface area contributed by atoms with Gasteiger partial charge in [-0.3, -0.25) is 20.4 Å². The summed E-state index contributed by atoms with van der Waals surface area (Å²) in [6, 6.07) is 5.60. The lowest BCUT2D eigenvalue weighted by molar-refractivity contribution is 0.0830. The van der Waals surface area contributed by atoms with E-state index in [1.807, 2.05) is 0 Å². The minimum absolute atomic E-state index is 0.0173. The summed E-state index contributed by atoms with van der Waals surface area (Å²) < 4.78 is 45.3. The van der Waals surface area contributed by atoms with Crippen LogP contribution in [0.15, 0.2) is 45.9 Å². The molecule has 1 aromatic carbocycles. The van der Waals surface area contributed by atoms with Crippen LogP contribution in [-0.2, 0) is 10.0 Å².